The predicted molar refractivity (Wildman–Crippen MR) is 120 cm³/mol. The van der Waals surface area contributed by atoms with Gasteiger partial charge in [0.2, 0.25) is 5.43 Å². The van der Waals surface area contributed by atoms with Crippen molar-refractivity contribution in [3.05, 3.63) is 105 Å². The van der Waals surface area contributed by atoms with Gasteiger partial charge in [0.05, 0.1) is 23.3 Å². The maximum Gasteiger partial charge on any atom is 0.209 e. The second-order valence-electron chi connectivity index (χ2n) is 6.69. The summed E-state index contributed by atoms with van der Waals surface area (Å²) in [6, 6.07) is 22.1. The highest BCUT2D eigenvalue weighted by Gasteiger charge is 2.16. The summed E-state index contributed by atoms with van der Waals surface area (Å²) in [6.07, 6.45) is 3.27. The van der Waals surface area contributed by atoms with E-state index in [9.17, 15) is 4.79 Å². The van der Waals surface area contributed by atoms with Crippen LogP contribution in [0.3, 0.4) is 0 Å². The van der Waals surface area contributed by atoms with Gasteiger partial charge in [0.15, 0.2) is 5.69 Å². The van der Waals surface area contributed by atoms with Gasteiger partial charge in [-0.3, -0.25) is 4.79 Å². The Kier molecular flexibility index (Phi) is 4.62. The molecule has 0 N–H and O–H groups in total. The van der Waals surface area contributed by atoms with Gasteiger partial charge in [-0.05, 0) is 36.4 Å². The third kappa shape index (κ3) is 3.18. The van der Waals surface area contributed by atoms with E-state index in [4.69, 9.17) is 23.2 Å². The van der Waals surface area contributed by atoms with E-state index in [0.717, 1.165) is 22.1 Å². The fourth-order valence-corrected chi connectivity index (χ4v) is 3.87. The van der Waals surface area contributed by atoms with Gasteiger partial charge in [-0.2, -0.15) is 10.2 Å². The van der Waals surface area contributed by atoms with E-state index in [1.807, 2.05) is 48.5 Å². The molecule has 3 aromatic carbocycles. The van der Waals surface area contributed by atoms with Crippen LogP contribution in [-0.2, 0) is 0 Å². The first kappa shape index (κ1) is 18.6. The lowest BCUT2D eigenvalue weighted by Gasteiger charge is -2.12. The molecule has 0 bridgehead atoms. The molecule has 0 unspecified atom stereocenters. The second-order valence-corrected chi connectivity index (χ2v) is 7.54. The standard InChI is InChI=1S/C23H14Cl2N4O/c24-15-4-3-5-16(14-15)28-13-11-22(30)23(27-28)21-10-12-26-29(21)20-9-8-19(25)17-6-1-2-7-18(17)20/h1-14H. The lowest BCUT2D eigenvalue weighted by Crippen LogP contribution is -2.15. The largest absolute Gasteiger partial charge is 0.287 e. The Balaban J connectivity index is 1.71. The molecule has 2 heterocycles. The van der Waals surface area contributed by atoms with Crippen LogP contribution >= 0.6 is 23.2 Å². The molecule has 0 aliphatic heterocycles. The molecular formula is C23H14Cl2N4O. The molecule has 2 aromatic heterocycles. The van der Waals surface area contributed by atoms with Crippen molar-refractivity contribution >= 4 is 34.0 Å². The minimum atomic E-state index is -0.201. The number of hydrogen-bond donors (Lipinski definition) is 0. The molecule has 0 spiro atoms. The smallest absolute Gasteiger partial charge is 0.209 e. The molecule has 0 saturated heterocycles. The first-order chi connectivity index (χ1) is 14.6. The monoisotopic (exact) mass is 432 g/mol. The van der Waals surface area contributed by atoms with E-state index >= 15 is 0 Å². The van der Waals surface area contributed by atoms with Crippen LogP contribution in [0.5, 0.6) is 0 Å². The third-order valence-corrected chi connectivity index (χ3v) is 5.41. The summed E-state index contributed by atoms with van der Waals surface area (Å²) < 4.78 is 3.34. The minimum absolute atomic E-state index is 0.201. The summed E-state index contributed by atoms with van der Waals surface area (Å²) in [4.78, 5) is 12.7. The van der Waals surface area contributed by atoms with Gasteiger partial charge in [0, 0.05) is 33.1 Å². The fraction of sp³-hybridized carbons (Fsp3) is 0. The highest BCUT2D eigenvalue weighted by molar-refractivity contribution is 6.35. The third-order valence-electron chi connectivity index (χ3n) is 4.84. The normalized spacial score (nSPS) is 11.1. The quantitative estimate of drug-likeness (QED) is 0.375. The molecule has 146 valence electrons. The van der Waals surface area contributed by atoms with Gasteiger partial charge in [0.1, 0.15) is 0 Å². The van der Waals surface area contributed by atoms with E-state index < -0.39 is 0 Å². The summed E-state index contributed by atoms with van der Waals surface area (Å²) in [5, 5.41) is 12.1. The van der Waals surface area contributed by atoms with Crippen molar-refractivity contribution in [1.29, 1.82) is 0 Å². The highest BCUT2D eigenvalue weighted by atomic mass is 35.5. The van der Waals surface area contributed by atoms with Crippen LogP contribution < -0.4 is 5.43 Å². The topological polar surface area (TPSA) is 52.7 Å². The first-order valence-corrected chi connectivity index (χ1v) is 9.95. The molecule has 0 saturated carbocycles. The molecule has 7 heteroatoms. The van der Waals surface area contributed by atoms with Crippen LogP contribution in [0.25, 0.3) is 33.5 Å². The lowest BCUT2D eigenvalue weighted by molar-refractivity contribution is 0.824. The van der Waals surface area contributed by atoms with Crippen molar-refractivity contribution in [3.8, 4) is 22.8 Å². The Morgan fingerprint density at radius 3 is 2.50 bits per heavy atom. The molecular weight excluding hydrogens is 419 g/mol. The van der Waals surface area contributed by atoms with Gasteiger partial charge in [-0.1, -0.05) is 53.5 Å². The summed E-state index contributed by atoms with van der Waals surface area (Å²) in [6.45, 7) is 0. The number of hydrogen-bond acceptors (Lipinski definition) is 3. The lowest BCUT2D eigenvalue weighted by atomic mass is 10.1. The zero-order valence-corrected chi connectivity index (χ0v) is 17.0. The fourth-order valence-electron chi connectivity index (χ4n) is 3.45. The summed E-state index contributed by atoms with van der Waals surface area (Å²) >= 11 is 12.5. The Morgan fingerprint density at radius 1 is 0.833 bits per heavy atom. The van der Waals surface area contributed by atoms with Gasteiger partial charge < -0.3 is 0 Å². The number of nitrogens with zero attached hydrogens (tertiary/aromatic N) is 4. The molecule has 0 aliphatic rings. The summed E-state index contributed by atoms with van der Waals surface area (Å²) in [5.74, 6) is 0. The van der Waals surface area contributed by atoms with Gasteiger partial charge in [0.25, 0.3) is 0 Å². The van der Waals surface area contributed by atoms with Crippen LogP contribution in [0, 0.1) is 0 Å². The molecule has 0 atom stereocenters. The zero-order chi connectivity index (χ0) is 20.7. The Morgan fingerprint density at radius 2 is 1.67 bits per heavy atom. The number of fused-ring (bicyclic) bond motifs is 1. The van der Waals surface area contributed by atoms with Crippen molar-refractivity contribution in [3.63, 3.8) is 0 Å². The SMILES string of the molecule is O=c1ccn(-c2cccc(Cl)c2)nc1-c1ccnn1-c1ccc(Cl)c2ccccc12. The predicted octanol–water partition coefficient (Wildman–Crippen LogP) is 5.55. The zero-order valence-electron chi connectivity index (χ0n) is 15.5. The van der Waals surface area contributed by atoms with E-state index in [1.165, 1.54) is 6.07 Å². The van der Waals surface area contributed by atoms with E-state index in [2.05, 4.69) is 10.2 Å². The molecule has 30 heavy (non-hydrogen) atoms. The molecule has 0 aliphatic carbocycles. The Labute approximate surface area is 181 Å². The van der Waals surface area contributed by atoms with Crippen molar-refractivity contribution in [2.45, 2.75) is 0 Å². The van der Waals surface area contributed by atoms with Crippen molar-refractivity contribution < 1.29 is 0 Å². The Hall–Kier alpha value is -3.41. The second kappa shape index (κ2) is 7.44. The van der Waals surface area contributed by atoms with Crippen LogP contribution in [0.15, 0.2) is 90.0 Å². The van der Waals surface area contributed by atoms with Gasteiger partial charge in [-0.25, -0.2) is 9.36 Å². The average molecular weight is 433 g/mol. The van der Waals surface area contributed by atoms with E-state index in [-0.39, 0.29) is 11.1 Å². The maximum absolute atomic E-state index is 12.7. The van der Waals surface area contributed by atoms with Crippen molar-refractivity contribution in [2.75, 3.05) is 0 Å². The molecule has 0 amide bonds. The highest BCUT2D eigenvalue weighted by Crippen LogP contribution is 2.30. The van der Waals surface area contributed by atoms with Crippen molar-refractivity contribution in [1.82, 2.24) is 19.6 Å². The molecule has 5 nitrogen and oxygen atoms in total. The number of benzene rings is 3. The van der Waals surface area contributed by atoms with Crippen LogP contribution in [0.1, 0.15) is 0 Å². The average Bonchev–Trinajstić information content (AvgIpc) is 3.24. The number of rotatable bonds is 3. The minimum Gasteiger partial charge on any atom is -0.287 e. The summed E-state index contributed by atoms with van der Waals surface area (Å²) in [5.41, 5.74) is 2.24. The van der Waals surface area contributed by atoms with Crippen LogP contribution in [0.2, 0.25) is 10.0 Å². The molecule has 5 aromatic rings. The summed E-state index contributed by atoms with van der Waals surface area (Å²) in [7, 11) is 0. The number of halogens is 2. The van der Waals surface area contributed by atoms with Crippen LogP contribution in [0.4, 0.5) is 0 Å². The van der Waals surface area contributed by atoms with Crippen molar-refractivity contribution in [2.24, 2.45) is 0 Å². The van der Waals surface area contributed by atoms with E-state index in [1.54, 1.807) is 40.0 Å². The van der Waals surface area contributed by atoms with Crippen LogP contribution in [-0.4, -0.2) is 19.6 Å². The molecule has 5 rings (SSSR count). The van der Waals surface area contributed by atoms with Gasteiger partial charge in [-0.15, -0.1) is 0 Å². The van der Waals surface area contributed by atoms with E-state index in [0.29, 0.717) is 15.7 Å². The molecule has 0 radical (unpaired) electrons. The maximum atomic E-state index is 12.7. The van der Waals surface area contributed by atoms with Gasteiger partial charge >= 0.3 is 0 Å². The Bertz CT molecular complexity index is 1460. The number of aromatic nitrogens is 4. The molecule has 0 fully saturated rings. The first-order valence-electron chi connectivity index (χ1n) is 9.20.